The zero-order valence-corrected chi connectivity index (χ0v) is 12.2. The summed E-state index contributed by atoms with van der Waals surface area (Å²) in [6.07, 6.45) is 0.232. The minimum atomic E-state index is -1.08. The Balaban J connectivity index is 2.35. The van der Waals surface area contributed by atoms with Gasteiger partial charge in [0.05, 0.1) is 18.8 Å². The maximum Gasteiger partial charge on any atom is 0.335 e. The second kappa shape index (κ2) is 6.69. The van der Waals surface area contributed by atoms with Crippen molar-refractivity contribution in [3.05, 3.63) is 34.9 Å². The first-order valence-corrected chi connectivity index (χ1v) is 6.90. The molecule has 1 amide bonds. The summed E-state index contributed by atoms with van der Waals surface area (Å²) >= 11 is 0. The second-order valence-corrected chi connectivity index (χ2v) is 4.95. The minimum absolute atomic E-state index is 0.0554. The fraction of sp³-hybridized carbons (Fsp3) is 0.467. The predicted molar refractivity (Wildman–Crippen MR) is 75.3 cm³/mol. The fourth-order valence-corrected chi connectivity index (χ4v) is 2.24. The molecule has 1 aromatic carbocycles. The van der Waals surface area contributed by atoms with Crippen LogP contribution < -0.4 is 0 Å². The normalized spacial score (nSPS) is 15.1. The van der Waals surface area contributed by atoms with E-state index in [4.69, 9.17) is 9.47 Å². The fourth-order valence-electron chi connectivity index (χ4n) is 2.24. The lowest BCUT2D eigenvalue weighted by Crippen LogP contribution is -2.27. The molecule has 2 rings (SSSR count). The number of carbonyl (C=O) groups is 2. The number of hydrogen-bond acceptors (Lipinski definition) is 4. The van der Waals surface area contributed by atoms with Gasteiger partial charge in [-0.3, -0.25) is 4.79 Å². The molecular weight excluding hydrogens is 274 g/mol. The van der Waals surface area contributed by atoms with Gasteiger partial charge in [-0.25, -0.2) is 4.79 Å². The van der Waals surface area contributed by atoms with Crippen LogP contribution in [0.25, 0.3) is 0 Å². The van der Waals surface area contributed by atoms with Gasteiger partial charge in [-0.2, -0.15) is 0 Å². The monoisotopic (exact) mass is 293 g/mol. The van der Waals surface area contributed by atoms with Crippen LogP contribution in [0.15, 0.2) is 18.2 Å². The number of carboxylic acid groups (broad SMARTS) is 1. The van der Waals surface area contributed by atoms with Crippen molar-refractivity contribution in [1.29, 1.82) is 0 Å². The van der Waals surface area contributed by atoms with Crippen molar-refractivity contribution in [2.75, 3.05) is 26.8 Å². The van der Waals surface area contributed by atoms with Crippen molar-refractivity contribution >= 4 is 11.9 Å². The molecular formula is C15H19NO5. The summed E-state index contributed by atoms with van der Waals surface area (Å²) in [6.45, 7) is 3.51. The Kier molecular flexibility index (Phi) is 4.93. The van der Waals surface area contributed by atoms with Gasteiger partial charge in [0.15, 0.2) is 6.29 Å². The number of hydrogen-bond donors (Lipinski definition) is 1. The minimum Gasteiger partial charge on any atom is -0.478 e. The number of nitrogens with zero attached hydrogens (tertiary/aromatic N) is 1. The average Bonchev–Trinajstić information content (AvgIpc) is 3.00. The van der Waals surface area contributed by atoms with Crippen molar-refractivity contribution in [3.63, 3.8) is 0 Å². The smallest absolute Gasteiger partial charge is 0.335 e. The first-order chi connectivity index (χ1) is 10.0. The Morgan fingerprint density at radius 1 is 1.24 bits per heavy atom. The lowest BCUT2D eigenvalue weighted by molar-refractivity contribution is -0.0441. The molecule has 0 bridgehead atoms. The van der Waals surface area contributed by atoms with Crippen LogP contribution in [0.5, 0.6) is 0 Å². The summed E-state index contributed by atoms with van der Waals surface area (Å²) in [5.74, 6) is -1.29. The standard InChI is InChI=1S/C15H19NO5/c1-3-4-16(2)13(17)10-7-11(14(18)19)9-12(8-10)15-20-5-6-21-15/h7-9,15H,3-6H2,1-2H3,(H,18,19). The number of carbonyl (C=O) groups excluding carboxylic acids is 1. The van der Waals surface area contributed by atoms with E-state index in [1.165, 1.54) is 12.1 Å². The van der Waals surface area contributed by atoms with Crippen LogP contribution in [-0.2, 0) is 9.47 Å². The molecule has 0 aromatic heterocycles. The van der Waals surface area contributed by atoms with Gasteiger partial charge in [-0.15, -0.1) is 0 Å². The number of rotatable bonds is 5. The summed E-state index contributed by atoms with van der Waals surface area (Å²) in [4.78, 5) is 25.1. The Labute approximate surface area is 123 Å². The van der Waals surface area contributed by atoms with E-state index in [-0.39, 0.29) is 11.5 Å². The number of carboxylic acids is 1. The maximum atomic E-state index is 12.3. The van der Waals surface area contributed by atoms with E-state index in [9.17, 15) is 14.7 Å². The lowest BCUT2D eigenvalue weighted by atomic mass is 10.0. The Hall–Kier alpha value is -1.92. The molecule has 0 saturated carbocycles. The molecule has 1 fully saturated rings. The summed E-state index contributed by atoms with van der Waals surface area (Å²) in [6, 6.07) is 4.50. The third-order valence-electron chi connectivity index (χ3n) is 3.25. The van der Waals surface area contributed by atoms with Crippen molar-refractivity contribution < 1.29 is 24.2 Å². The molecule has 1 saturated heterocycles. The van der Waals surface area contributed by atoms with Crippen molar-refractivity contribution in [1.82, 2.24) is 4.90 Å². The van der Waals surface area contributed by atoms with Crippen LogP contribution in [0.1, 0.15) is 45.9 Å². The number of aromatic carboxylic acids is 1. The van der Waals surface area contributed by atoms with Gasteiger partial charge in [0.1, 0.15) is 0 Å². The molecule has 0 aliphatic carbocycles. The highest BCUT2D eigenvalue weighted by Crippen LogP contribution is 2.26. The van der Waals surface area contributed by atoms with Crippen LogP contribution >= 0.6 is 0 Å². The molecule has 1 heterocycles. The highest BCUT2D eigenvalue weighted by Gasteiger charge is 2.22. The molecule has 1 aromatic rings. The molecule has 0 unspecified atom stereocenters. The molecule has 114 valence electrons. The summed E-state index contributed by atoms with van der Waals surface area (Å²) in [5, 5.41) is 9.19. The van der Waals surface area contributed by atoms with Crippen LogP contribution in [0.4, 0.5) is 0 Å². The SMILES string of the molecule is CCCN(C)C(=O)c1cc(C(=O)O)cc(C2OCCO2)c1. The van der Waals surface area contributed by atoms with Gasteiger partial charge in [0, 0.05) is 24.7 Å². The van der Waals surface area contributed by atoms with Gasteiger partial charge in [0.2, 0.25) is 0 Å². The first-order valence-electron chi connectivity index (χ1n) is 6.90. The van der Waals surface area contributed by atoms with E-state index >= 15 is 0 Å². The Morgan fingerprint density at radius 3 is 2.43 bits per heavy atom. The zero-order valence-electron chi connectivity index (χ0n) is 12.2. The van der Waals surface area contributed by atoms with Crippen LogP contribution in [0.3, 0.4) is 0 Å². The van der Waals surface area contributed by atoms with Crippen molar-refractivity contribution in [2.45, 2.75) is 19.6 Å². The van der Waals surface area contributed by atoms with Gasteiger partial charge in [-0.05, 0) is 24.6 Å². The average molecular weight is 293 g/mol. The highest BCUT2D eigenvalue weighted by atomic mass is 16.7. The molecule has 6 nitrogen and oxygen atoms in total. The quantitative estimate of drug-likeness (QED) is 0.897. The van der Waals surface area contributed by atoms with Gasteiger partial charge < -0.3 is 19.5 Å². The van der Waals surface area contributed by atoms with Gasteiger partial charge >= 0.3 is 5.97 Å². The van der Waals surface area contributed by atoms with E-state index < -0.39 is 12.3 Å². The molecule has 1 aliphatic heterocycles. The summed E-state index contributed by atoms with van der Waals surface area (Å²) < 4.78 is 10.8. The third kappa shape index (κ3) is 3.59. The van der Waals surface area contributed by atoms with Crippen LogP contribution in [0.2, 0.25) is 0 Å². The second-order valence-electron chi connectivity index (χ2n) is 4.95. The van der Waals surface area contributed by atoms with Crippen molar-refractivity contribution in [3.8, 4) is 0 Å². The molecule has 1 N–H and O–H groups in total. The topological polar surface area (TPSA) is 76.1 Å². The number of benzene rings is 1. The van der Waals surface area contributed by atoms with E-state index in [1.54, 1.807) is 18.0 Å². The lowest BCUT2D eigenvalue weighted by Gasteiger charge is -2.18. The van der Waals surface area contributed by atoms with E-state index in [0.29, 0.717) is 30.9 Å². The largest absolute Gasteiger partial charge is 0.478 e. The van der Waals surface area contributed by atoms with E-state index in [1.807, 2.05) is 6.92 Å². The molecule has 1 aliphatic rings. The maximum absolute atomic E-state index is 12.3. The number of ether oxygens (including phenoxy) is 2. The highest BCUT2D eigenvalue weighted by molar-refractivity contribution is 5.97. The predicted octanol–water partition coefficient (Wildman–Crippen LogP) is 1.91. The van der Waals surface area contributed by atoms with Crippen LogP contribution in [0, 0.1) is 0 Å². The molecule has 6 heteroatoms. The molecule has 0 spiro atoms. The van der Waals surface area contributed by atoms with E-state index in [2.05, 4.69) is 0 Å². The Morgan fingerprint density at radius 2 is 1.86 bits per heavy atom. The summed E-state index contributed by atoms with van der Waals surface area (Å²) in [5.41, 5.74) is 0.945. The molecule has 0 atom stereocenters. The van der Waals surface area contributed by atoms with Crippen molar-refractivity contribution in [2.24, 2.45) is 0 Å². The summed E-state index contributed by atoms with van der Waals surface area (Å²) in [7, 11) is 1.70. The first kappa shape index (κ1) is 15.5. The van der Waals surface area contributed by atoms with E-state index in [0.717, 1.165) is 6.42 Å². The van der Waals surface area contributed by atoms with Crippen LogP contribution in [-0.4, -0.2) is 48.7 Å². The Bertz CT molecular complexity index is 537. The third-order valence-corrected chi connectivity index (χ3v) is 3.25. The van der Waals surface area contributed by atoms with Gasteiger partial charge in [0.25, 0.3) is 5.91 Å². The molecule has 21 heavy (non-hydrogen) atoms. The number of amides is 1. The van der Waals surface area contributed by atoms with Gasteiger partial charge in [-0.1, -0.05) is 6.92 Å². The molecule has 0 radical (unpaired) electrons. The zero-order chi connectivity index (χ0) is 15.4.